The second-order valence-corrected chi connectivity index (χ2v) is 9.97. The molecule has 2 unspecified atom stereocenters. The van der Waals surface area contributed by atoms with Gasteiger partial charge in [0.25, 0.3) is 0 Å². The molecule has 7 heteroatoms. The van der Waals surface area contributed by atoms with E-state index in [1.165, 1.54) is 19.3 Å². The molecule has 2 atom stereocenters. The first-order chi connectivity index (χ1) is 11.8. The number of carbonyl (C=O) groups is 1. The molecular formula is C18H35NO5S. The predicted molar refractivity (Wildman–Crippen MR) is 99.1 cm³/mol. The summed E-state index contributed by atoms with van der Waals surface area (Å²) in [7, 11) is -3.68. The Morgan fingerprint density at radius 1 is 1.24 bits per heavy atom. The molecule has 6 nitrogen and oxygen atoms in total. The van der Waals surface area contributed by atoms with Crippen molar-refractivity contribution in [2.24, 2.45) is 5.92 Å². The highest BCUT2D eigenvalue weighted by Crippen LogP contribution is 2.28. The molecule has 0 aliphatic heterocycles. The average Bonchev–Trinajstić information content (AvgIpc) is 2.58. The second-order valence-electron chi connectivity index (χ2n) is 7.34. The lowest BCUT2D eigenvalue weighted by molar-refractivity contribution is 0.112. The van der Waals surface area contributed by atoms with Crippen molar-refractivity contribution in [1.82, 2.24) is 5.32 Å². The Bertz CT molecular complexity index is 486. The zero-order valence-corrected chi connectivity index (χ0v) is 16.7. The van der Waals surface area contributed by atoms with Gasteiger partial charge in [-0.25, -0.2) is 13.2 Å². The number of amides is 1. The van der Waals surface area contributed by atoms with Gasteiger partial charge >= 0.3 is 6.09 Å². The molecule has 0 aromatic rings. The summed E-state index contributed by atoms with van der Waals surface area (Å²) < 4.78 is 30.1. The van der Waals surface area contributed by atoms with Gasteiger partial charge in [-0.2, -0.15) is 0 Å². The highest BCUT2D eigenvalue weighted by atomic mass is 32.2. The zero-order chi connectivity index (χ0) is 18.9. The number of ether oxygens (including phenoxy) is 1. The minimum absolute atomic E-state index is 0.245. The maximum atomic E-state index is 12.6. The lowest BCUT2D eigenvalue weighted by Gasteiger charge is -2.28. The second kappa shape index (κ2) is 11.0. The minimum atomic E-state index is -3.68. The van der Waals surface area contributed by atoms with Crippen LogP contribution in [0.5, 0.6) is 0 Å². The largest absolute Gasteiger partial charge is 0.450 e. The van der Waals surface area contributed by atoms with Crippen LogP contribution in [0.2, 0.25) is 0 Å². The van der Waals surface area contributed by atoms with Crippen LogP contribution in [-0.2, 0) is 14.6 Å². The molecular weight excluding hydrogens is 342 g/mol. The van der Waals surface area contributed by atoms with Crippen molar-refractivity contribution < 1.29 is 23.1 Å². The molecule has 148 valence electrons. The van der Waals surface area contributed by atoms with Gasteiger partial charge in [-0.05, 0) is 39.0 Å². The van der Waals surface area contributed by atoms with Gasteiger partial charge in [0.1, 0.15) is 0 Å². The number of unbranched alkanes of at least 4 members (excludes halogenated alkanes) is 1. The van der Waals surface area contributed by atoms with Gasteiger partial charge in [-0.3, -0.25) is 0 Å². The summed E-state index contributed by atoms with van der Waals surface area (Å²) in [6.45, 7) is 5.33. The van der Waals surface area contributed by atoms with Crippen LogP contribution < -0.4 is 5.32 Å². The number of nitrogens with one attached hydrogen (secondary N) is 1. The number of aliphatic hydroxyl groups is 1. The molecule has 0 bridgehead atoms. The van der Waals surface area contributed by atoms with Gasteiger partial charge in [-0.15, -0.1) is 0 Å². The van der Waals surface area contributed by atoms with E-state index in [9.17, 15) is 18.3 Å². The van der Waals surface area contributed by atoms with E-state index in [-0.39, 0.29) is 6.61 Å². The van der Waals surface area contributed by atoms with Crippen LogP contribution in [-0.4, -0.2) is 43.0 Å². The van der Waals surface area contributed by atoms with Crippen LogP contribution in [0.3, 0.4) is 0 Å². The fourth-order valence-electron chi connectivity index (χ4n) is 3.19. The van der Waals surface area contributed by atoms with E-state index in [0.717, 1.165) is 32.1 Å². The molecule has 0 radical (unpaired) electrons. The number of rotatable bonds is 10. The summed E-state index contributed by atoms with van der Waals surface area (Å²) in [5, 5.41) is 10.9. The highest BCUT2D eigenvalue weighted by molar-refractivity contribution is 7.92. The predicted octanol–water partition coefficient (Wildman–Crippen LogP) is 3.38. The van der Waals surface area contributed by atoms with Crippen LogP contribution in [0.15, 0.2) is 0 Å². The van der Waals surface area contributed by atoms with Gasteiger partial charge in [0.05, 0.1) is 18.0 Å². The first-order valence-corrected chi connectivity index (χ1v) is 11.2. The molecule has 1 aliphatic rings. The molecule has 0 aromatic carbocycles. The van der Waals surface area contributed by atoms with Crippen LogP contribution >= 0.6 is 0 Å². The molecule has 0 heterocycles. The van der Waals surface area contributed by atoms with E-state index in [1.807, 2.05) is 6.92 Å². The van der Waals surface area contributed by atoms with E-state index in [0.29, 0.717) is 12.3 Å². The molecule has 1 fully saturated rings. The molecule has 25 heavy (non-hydrogen) atoms. The Labute approximate surface area is 152 Å². The van der Waals surface area contributed by atoms with E-state index < -0.39 is 32.7 Å². The topological polar surface area (TPSA) is 92.7 Å². The summed E-state index contributed by atoms with van der Waals surface area (Å²) in [6, 6.07) is 0. The quantitative estimate of drug-likeness (QED) is 0.569. The maximum absolute atomic E-state index is 12.6. The van der Waals surface area contributed by atoms with Crippen molar-refractivity contribution in [3.05, 3.63) is 0 Å². The molecule has 0 saturated heterocycles. The van der Waals surface area contributed by atoms with Crippen molar-refractivity contribution in [2.75, 3.05) is 6.61 Å². The maximum Gasteiger partial charge on any atom is 0.408 e. The highest BCUT2D eigenvalue weighted by Gasteiger charge is 2.36. The van der Waals surface area contributed by atoms with Gasteiger partial charge < -0.3 is 15.2 Å². The van der Waals surface area contributed by atoms with Gasteiger partial charge in [-0.1, -0.05) is 45.4 Å². The van der Waals surface area contributed by atoms with Gasteiger partial charge in [0, 0.05) is 0 Å². The Kier molecular flexibility index (Phi) is 9.79. The van der Waals surface area contributed by atoms with E-state index in [1.54, 1.807) is 13.8 Å². The number of hydrogen-bond acceptors (Lipinski definition) is 5. The van der Waals surface area contributed by atoms with Crippen LogP contribution in [0.1, 0.15) is 78.6 Å². The fraction of sp³-hybridized carbons (Fsp3) is 0.944. The normalized spacial score (nSPS) is 18.8. The zero-order valence-electron chi connectivity index (χ0n) is 15.9. The summed E-state index contributed by atoms with van der Waals surface area (Å²) in [5.74, 6) is 0.544. The van der Waals surface area contributed by atoms with Gasteiger partial charge in [0.2, 0.25) is 0 Å². The Morgan fingerprint density at radius 2 is 1.88 bits per heavy atom. The summed E-state index contributed by atoms with van der Waals surface area (Å²) in [6.07, 6.45) is 6.81. The molecule has 1 saturated carbocycles. The first-order valence-electron chi connectivity index (χ1n) is 9.63. The Hall–Kier alpha value is -0.820. The third kappa shape index (κ3) is 7.52. The third-order valence-corrected chi connectivity index (χ3v) is 7.40. The summed E-state index contributed by atoms with van der Waals surface area (Å²) in [5.41, 5.74) is 0. The number of hydrogen-bond donors (Lipinski definition) is 2. The number of sulfone groups is 1. The molecule has 1 aliphatic carbocycles. The van der Waals surface area contributed by atoms with Crippen molar-refractivity contribution >= 4 is 15.9 Å². The van der Waals surface area contributed by atoms with E-state index in [4.69, 9.17) is 4.74 Å². The van der Waals surface area contributed by atoms with Crippen LogP contribution in [0.25, 0.3) is 0 Å². The van der Waals surface area contributed by atoms with Crippen LogP contribution in [0, 0.1) is 5.92 Å². The lowest BCUT2D eigenvalue weighted by atomic mass is 9.85. The van der Waals surface area contributed by atoms with E-state index >= 15 is 0 Å². The van der Waals surface area contributed by atoms with Gasteiger partial charge in [0.15, 0.2) is 15.2 Å². The Balaban J connectivity index is 2.67. The number of aliphatic hydroxyl groups excluding tert-OH is 1. The molecule has 0 spiro atoms. The number of alkyl carbamates (subject to hydrolysis) is 1. The number of carbonyl (C=O) groups excluding carboxylic acids is 1. The first kappa shape index (κ1) is 22.2. The molecule has 1 amide bonds. The monoisotopic (exact) mass is 377 g/mol. The summed E-state index contributed by atoms with van der Waals surface area (Å²) >= 11 is 0. The van der Waals surface area contributed by atoms with E-state index in [2.05, 4.69) is 5.32 Å². The average molecular weight is 378 g/mol. The SMILES string of the molecule is CCCCOC(=O)NC(C(O)CCC1CCCCC1)S(=O)(=O)C(C)C. The summed E-state index contributed by atoms with van der Waals surface area (Å²) in [4.78, 5) is 11.9. The standard InChI is InChI=1S/C18H35NO5S/c1-4-5-13-24-18(21)19-17(25(22,23)14(2)3)16(20)12-11-15-9-7-6-8-10-15/h14-17,20H,4-13H2,1-3H3,(H,19,21). The van der Waals surface area contributed by atoms with Crippen molar-refractivity contribution in [1.29, 1.82) is 0 Å². The van der Waals surface area contributed by atoms with Crippen molar-refractivity contribution in [2.45, 2.75) is 95.3 Å². The van der Waals surface area contributed by atoms with Crippen molar-refractivity contribution in [3.8, 4) is 0 Å². The van der Waals surface area contributed by atoms with Crippen LogP contribution in [0.4, 0.5) is 4.79 Å². The lowest BCUT2D eigenvalue weighted by Crippen LogP contribution is -2.51. The fourth-order valence-corrected chi connectivity index (χ4v) is 4.61. The third-order valence-electron chi connectivity index (χ3n) is 4.95. The molecule has 1 rings (SSSR count). The minimum Gasteiger partial charge on any atom is -0.450 e. The Morgan fingerprint density at radius 3 is 2.44 bits per heavy atom. The smallest absolute Gasteiger partial charge is 0.408 e. The molecule has 2 N–H and O–H groups in total. The van der Waals surface area contributed by atoms with Crippen molar-refractivity contribution in [3.63, 3.8) is 0 Å². The molecule has 0 aromatic heterocycles.